The van der Waals surface area contributed by atoms with Gasteiger partial charge in [0.05, 0.1) is 5.60 Å². The summed E-state index contributed by atoms with van der Waals surface area (Å²) in [5.41, 5.74) is 5.69. The normalized spacial score (nSPS) is 24.4. The van der Waals surface area contributed by atoms with Crippen molar-refractivity contribution in [1.29, 1.82) is 0 Å². The first-order chi connectivity index (χ1) is 16.5. The summed E-state index contributed by atoms with van der Waals surface area (Å²) in [4.78, 5) is 13.4. The average molecular weight is 457 g/mol. The first-order valence-electron chi connectivity index (χ1n) is 12.2. The highest BCUT2D eigenvalue weighted by Crippen LogP contribution is 2.64. The van der Waals surface area contributed by atoms with Gasteiger partial charge >= 0.3 is 0 Å². The van der Waals surface area contributed by atoms with Crippen LogP contribution in [0.2, 0.25) is 0 Å². The second-order valence-corrected chi connectivity index (χ2v) is 9.90. The summed E-state index contributed by atoms with van der Waals surface area (Å²) in [7, 11) is 0. The molecule has 5 heteroatoms. The van der Waals surface area contributed by atoms with Crippen LogP contribution >= 0.6 is 0 Å². The largest absolute Gasteiger partial charge is 0.481 e. The molecule has 0 saturated carbocycles. The van der Waals surface area contributed by atoms with Gasteiger partial charge in [-0.15, -0.1) is 0 Å². The Kier molecular flexibility index (Phi) is 6.00. The number of fused-ring (bicyclic) bond motifs is 8. The summed E-state index contributed by atoms with van der Waals surface area (Å²) in [6, 6.07) is 21.9. The molecule has 2 heterocycles. The summed E-state index contributed by atoms with van der Waals surface area (Å²) >= 11 is 0. The van der Waals surface area contributed by atoms with Gasteiger partial charge in [-0.2, -0.15) is 0 Å². The van der Waals surface area contributed by atoms with Crippen LogP contribution in [0.5, 0.6) is 0 Å². The Bertz CT molecular complexity index is 1120. The van der Waals surface area contributed by atoms with E-state index in [0.717, 1.165) is 51.3 Å². The van der Waals surface area contributed by atoms with E-state index in [4.69, 9.17) is 9.90 Å². The molecule has 3 aliphatic rings. The topological polar surface area (TPSA) is 82.5 Å². The van der Waals surface area contributed by atoms with Crippen LogP contribution in [0.15, 0.2) is 73.1 Å². The Morgan fingerprint density at radius 1 is 1.03 bits per heavy atom. The summed E-state index contributed by atoms with van der Waals surface area (Å²) in [6.45, 7) is 3.02. The Hall–Kier alpha value is -3.02. The number of carboxylic acid groups (broad SMARTS) is 1. The third kappa shape index (κ3) is 3.73. The fraction of sp³-hybridized carbons (Fsp3) is 0.379. The van der Waals surface area contributed by atoms with E-state index in [0.29, 0.717) is 5.92 Å². The number of aliphatic hydroxyl groups is 1. The van der Waals surface area contributed by atoms with Crippen molar-refractivity contribution in [2.75, 3.05) is 13.1 Å². The minimum absolute atomic E-state index is 0.132. The van der Waals surface area contributed by atoms with Crippen molar-refractivity contribution in [2.24, 2.45) is 5.92 Å². The van der Waals surface area contributed by atoms with Gasteiger partial charge in [0.15, 0.2) is 0 Å². The number of carbonyl (C=O) groups is 1. The van der Waals surface area contributed by atoms with Crippen LogP contribution in [0.1, 0.15) is 66.3 Å². The molecule has 176 valence electrons. The second kappa shape index (κ2) is 8.97. The standard InChI is InChI=1S/C27H28N2O.C2H4O2/c30-27(19-11-14-28-15-12-19,20-6-5-13-29-17-20)18-26-16-23(21-7-1-3-9-24(21)26)22-8-2-4-10-25(22)26;1-2(3)4/h1-10,13,17,19,23,28,30H,11-12,14-16,18H2;1H3,(H,3,4). The fourth-order valence-electron chi connectivity index (χ4n) is 6.70. The van der Waals surface area contributed by atoms with E-state index in [-0.39, 0.29) is 11.3 Å². The van der Waals surface area contributed by atoms with E-state index in [1.165, 1.54) is 22.3 Å². The number of nitrogens with zero attached hydrogens (tertiary/aromatic N) is 1. The van der Waals surface area contributed by atoms with E-state index in [2.05, 4.69) is 64.9 Å². The van der Waals surface area contributed by atoms with Crippen LogP contribution in [0.25, 0.3) is 0 Å². The van der Waals surface area contributed by atoms with Gasteiger partial charge in [0.2, 0.25) is 0 Å². The highest BCUT2D eigenvalue weighted by Gasteiger charge is 2.57. The van der Waals surface area contributed by atoms with Gasteiger partial charge < -0.3 is 15.5 Å². The molecule has 5 nitrogen and oxygen atoms in total. The number of rotatable bonds is 4. The number of aromatic nitrogens is 1. The van der Waals surface area contributed by atoms with Crippen LogP contribution < -0.4 is 5.32 Å². The molecular formula is C29H32N2O3. The number of benzene rings is 2. The zero-order valence-electron chi connectivity index (χ0n) is 19.6. The van der Waals surface area contributed by atoms with Gasteiger partial charge in [-0.05, 0) is 73.0 Å². The number of pyridine rings is 1. The van der Waals surface area contributed by atoms with Gasteiger partial charge in [-0.3, -0.25) is 9.78 Å². The average Bonchev–Trinajstić information content (AvgIpc) is 3.37. The molecule has 1 unspecified atom stereocenters. The predicted octanol–water partition coefficient (Wildman–Crippen LogP) is 4.59. The summed E-state index contributed by atoms with van der Waals surface area (Å²) in [5.74, 6) is -0.153. The zero-order chi connectivity index (χ0) is 23.8. The third-order valence-corrected chi connectivity index (χ3v) is 8.00. The van der Waals surface area contributed by atoms with Crippen molar-refractivity contribution in [2.45, 2.75) is 49.5 Å². The van der Waals surface area contributed by atoms with Gasteiger partial charge in [-0.1, -0.05) is 54.6 Å². The summed E-state index contributed by atoms with van der Waals surface area (Å²) < 4.78 is 0. The maximum Gasteiger partial charge on any atom is 0.300 e. The SMILES string of the molecule is CC(=O)O.OC(CC12CC(c3ccccc31)c1ccccc12)(c1cccnc1)C1CCNCC1. The van der Waals surface area contributed by atoms with Crippen molar-refractivity contribution in [3.8, 4) is 0 Å². The fourth-order valence-corrected chi connectivity index (χ4v) is 6.70. The van der Waals surface area contributed by atoms with E-state index in [1.807, 2.05) is 12.3 Å². The van der Waals surface area contributed by atoms with E-state index < -0.39 is 11.6 Å². The summed E-state index contributed by atoms with van der Waals surface area (Å²) in [5, 5.41) is 23.4. The maximum atomic E-state index is 12.5. The number of hydrogen-bond acceptors (Lipinski definition) is 4. The van der Waals surface area contributed by atoms with Gasteiger partial charge in [0.25, 0.3) is 5.97 Å². The van der Waals surface area contributed by atoms with Crippen LogP contribution in [-0.4, -0.2) is 34.3 Å². The minimum Gasteiger partial charge on any atom is -0.481 e. The third-order valence-electron chi connectivity index (χ3n) is 8.00. The Balaban J connectivity index is 0.000000560. The lowest BCUT2D eigenvalue weighted by atomic mass is 9.63. The molecular weight excluding hydrogens is 424 g/mol. The molecule has 6 rings (SSSR count). The lowest BCUT2D eigenvalue weighted by Gasteiger charge is -2.45. The molecule has 0 radical (unpaired) electrons. The van der Waals surface area contributed by atoms with E-state index in [9.17, 15) is 5.11 Å². The molecule has 1 aromatic heterocycles. The number of piperidine rings is 1. The van der Waals surface area contributed by atoms with Crippen molar-refractivity contribution >= 4 is 5.97 Å². The number of aliphatic carboxylic acids is 1. The Morgan fingerprint density at radius 2 is 1.62 bits per heavy atom. The van der Waals surface area contributed by atoms with Crippen molar-refractivity contribution in [3.63, 3.8) is 0 Å². The van der Waals surface area contributed by atoms with Gasteiger partial charge in [0.1, 0.15) is 0 Å². The molecule has 2 aliphatic carbocycles. The van der Waals surface area contributed by atoms with Gasteiger partial charge in [0, 0.05) is 36.2 Å². The molecule has 2 bridgehead atoms. The van der Waals surface area contributed by atoms with Crippen molar-refractivity contribution in [1.82, 2.24) is 10.3 Å². The van der Waals surface area contributed by atoms with Gasteiger partial charge in [-0.25, -0.2) is 0 Å². The molecule has 1 saturated heterocycles. The first-order valence-corrected chi connectivity index (χ1v) is 12.2. The molecule has 3 aromatic rings. The minimum atomic E-state index is -0.893. The lowest BCUT2D eigenvalue weighted by Crippen LogP contribution is -2.46. The van der Waals surface area contributed by atoms with Crippen molar-refractivity contribution < 1.29 is 15.0 Å². The number of hydrogen-bond donors (Lipinski definition) is 3. The van der Waals surface area contributed by atoms with Crippen LogP contribution in [0.4, 0.5) is 0 Å². The van der Waals surface area contributed by atoms with E-state index >= 15 is 0 Å². The Morgan fingerprint density at radius 3 is 2.18 bits per heavy atom. The predicted molar refractivity (Wildman–Crippen MR) is 132 cm³/mol. The number of carboxylic acids is 1. The molecule has 3 N–H and O–H groups in total. The highest BCUT2D eigenvalue weighted by molar-refractivity contribution is 5.63. The highest BCUT2D eigenvalue weighted by atomic mass is 16.4. The van der Waals surface area contributed by atoms with Crippen LogP contribution in [0, 0.1) is 5.92 Å². The first kappa shape index (κ1) is 22.8. The molecule has 0 amide bonds. The molecule has 0 spiro atoms. The second-order valence-electron chi connectivity index (χ2n) is 9.90. The number of nitrogens with one attached hydrogen (secondary N) is 1. The molecule has 1 aliphatic heterocycles. The molecule has 1 fully saturated rings. The van der Waals surface area contributed by atoms with Crippen LogP contribution in [-0.2, 0) is 15.8 Å². The Labute approximate surface area is 200 Å². The molecule has 1 atom stereocenters. The van der Waals surface area contributed by atoms with Crippen LogP contribution in [0.3, 0.4) is 0 Å². The maximum absolute atomic E-state index is 12.5. The summed E-state index contributed by atoms with van der Waals surface area (Å²) in [6.07, 6.45) is 7.47. The smallest absolute Gasteiger partial charge is 0.300 e. The monoisotopic (exact) mass is 456 g/mol. The van der Waals surface area contributed by atoms with E-state index in [1.54, 1.807) is 6.20 Å². The quantitative estimate of drug-likeness (QED) is 0.535. The van der Waals surface area contributed by atoms with Crippen molar-refractivity contribution in [3.05, 3.63) is 101 Å². The molecule has 2 aromatic carbocycles. The zero-order valence-corrected chi connectivity index (χ0v) is 19.6. The molecule has 34 heavy (non-hydrogen) atoms. The lowest BCUT2D eigenvalue weighted by molar-refractivity contribution is -0.134.